The summed E-state index contributed by atoms with van der Waals surface area (Å²) < 4.78 is 10.0. The molecule has 1 heterocycles. The fourth-order valence-corrected chi connectivity index (χ4v) is 2.64. The Bertz CT molecular complexity index is 641. The average Bonchev–Trinajstić information content (AvgIpc) is 2.78. The Balaban J connectivity index is 2.68. The highest BCUT2D eigenvalue weighted by Gasteiger charge is 2.39. The SMILES string of the molecule is C=C(C(=O)OC)C1OC(=O)c2c(C)c(C)c(C)c(C)c21. The molecule has 1 aromatic rings. The Labute approximate surface area is 118 Å². The zero-order valence-corrected chi connectivity index (χ0v) is 12.4. The first kappa shape index (κ1) is 14.3. The third-order valence-electron chi connectivity index (χ3n) is 4.19. The molecule has 0 N–H and O–H groups in total. The average molecular weight is 274 g/mol. The van der Waals surface area contributed by atoms with E-state index in [1.54, 1.807) is 0 Å². The van der Waals surface area contributed by atoms with Crippen LogP contribution in [-0.2, 0) is 14.3 Å². The van der Waals surface area contributed by atoms with Gasteiger partial charge < -0.3 is 9.47 Å². The predicted molar refractivity (Wildman–Crippen MR) is 74.7 cm³/mol. The van der Waals surface area contributed by atoms with E-state index < -0.39 is 18.0 Å². The second-order valence-corrected chi connectivity index (χ2v) is 5.09. The van der Waals surface area contributed by atoms with Gasteiger partial charge in [0.15, 0.2) is 6.10 Å². The third kappa shape index (κ3) is 1.83. The van der Waals surface area contributed by atoms with Crippen LogP contribution in [0.5, 0.6) is 0 Å². The van der Waals surface area contributed by atoms with Crippen molar-refractivity contribution in [2.24, 2.45) is 0 Å². The second kappa shape index (κ2) is 4.78. The summed E-state index contributed by atoms with van der Waals surface area (Å²) in [5.74, 6) is -0.968. The lowest BCUT2D eigenvalue weighted by atomic mass is 9.86. The van der Waals surface area contributed by atoms with Crippen LogP contribution < -0.4 is 0 Å². The first-order valence-corrected chi connectivity index (χ1v) is 6.39. The van der Waals surface area contributed by atoms with E-state index in [1.165, 1.54) is 7.11 Å². The zero-order valence-electron chi connectivity index (χ0n) is 12.4. The number of rotatable bonds is 2. The first-order chi connectivity index (χ1) is 9.31. The Morgan fingerprint density at radius 2 is 1.65 bits per heavy atom. The summed E-state index contributed by atoms with van der Waals surface area (Å²) in [5.41, 5.74) is 5.47. The molecule has 1 unspecified atom stereocenters. The van der Waals surface area contributed by atoms with Gasteiger partial charge in [0.1, 0.15) is 0 Å². The second-order valence-electron chi connectivity index (χ2n) is 5.09. The fourth-order valence-electron chi connectivity index (χ4n) is 2.64. The molecule has 4 nitrogen and oxygen atoms in total. The zero-order chi connectivity index (χ0) is 15.2. The molecule has 1 atom stereocenters. The van der Waals surface area contributed by atoms with Gasteiger partial charge in [-0.3, -0.25) is 0 Å². The number of hydrogen-bond acceptors (Lipinski definition) is 4. The topological polar surface area (TPSA) is 52.6 Å². The van der Waals surface area contributed by atoms with Crippen LogP contribution in [0.4, 0.5) is 0 Å². The Morgan fingerprint density at radius 3 is 2.20 bits per heavy atom. The number of fused-ring (bicyclic) bond motifs is 1. The highest BCUT2D eigenvalue weighted by atomic mass is 16.6. The molecular formula is C16H18O4. The Kier molecular flexibility index (Phi) is 3.42. The summed E-state index contributed by atoms with van der Waals surface area (Å²) in [5, 5.41) is 0. The number of ether oxygens (including phenoxy) is 2. The van der Waals surface area contributed by atoms with E-state index >= 15 is 0 Å². The molecule has 20 heavy (non-hydrogen) atoms. The minimum Gasteiger partial charge on any atom is -0.466 e. The lowest BCUT2D eigenvalue weighted by Gasteiger charge is -2.17. The van der Waals surface area contributed by atoms with E-state index in [0.29, 0.717) is 5.56 Å². The standard InChI is InChI=1S/C16H18O4/c1-7-8(2)10(4)13-12(9(7)3)14(20-16(13)18)11(5)15(17)19-6/h14H,5H2,1-4,6H3. The van der Waals surface area contributed by atoms with Crippen molar-refractivity contribution in [3.05, 3.63) is 45.5 Å². The van der Waals surface area contributed by atoms with Crippen molar-refractivity contribution in [3.63, 3.8) is 0 Å². The predicted octanol–water partition coefficient (Wildman–Crippen LogP) is 2.86. The maximum atomic E-state index is 12.1. The first-order valence-electron chi connectivity index (χ1n) is 6.39. The van der Waals surface area contributed by atoms with Gasteiger partial charge in [0, 0.05) is 5.56 Å². The van der Waals surface area contributed by atoms with Gasteiger partial charge in [-0.2, -0.15) is 0 Å². The molecule has 1 aliphatic heterocycles. The number of carbonyl (C=O) groups is 2. The maximum Gasteiger partial charge on any atom is 0.339 e. The molecule has 0 amide bonds. The fraction of sp³-hybridized carbons (Fsp3) is 0.375. The summed E-state index contributed by atoms with van der Waals surface area (Å²) in [6.07, 6.45) is -0.747. The molecule has 1 aromatic carbocycles. The minimum absolute atomic E-state index is 0.144. The van der Waals surface area contributed by atoms with Gasteiger partial charge in [-0.05, 0) is 49.9 Å². The van der Waals surface area contributed by atoms with Gasteiger partial charge >= 0.3 is 11.9 Å². The number of benzene rings is 1. The molecule has 0 bridgehead atoms. The van der Waals surface area contributed by atoms with E-state index in [1.807, 2.05) is 27.7 Å². The highest BCUT2D eigenvalue weighted by molar-refractivity contribution is 6.00. The minimum atomic E-state index is -0.747. The molecule has 0 aromatic heterocycles. The summed E-state index contributed by atoms with van der Waals surface area (Å²) in [6, 6.07) is 0. The van der Waals surface area contributed by atoms with E-state index in [9.17, 15) is 9.59 Å². The van der Waals surface area contributed by atoms with Gasteiger partial charge in [-0.25, -0.2) is 9.59 Å². The van der Waals surface area contributed by atoms with Gasteiger partial charge in [0.2, 0.25) is 0 Å². The van der Waals surface area contributed by atoms with Crippen molar-refractivity contribution in [2.75, 3.05) is 7.11 Å². The number of carbonyl (C=O) groups excluding carboxylic acids is 2. The quantitative estimate of drug-likeness (QED) is 0.614. The molecule has 0 radical (unpaired) electrons. The molecule has 4 heteroatoms. The smallest absolute Gasteiger partial charge is 0.339 e. The van der Waals surface area contributed by atoms with Crippen molar-refractivity contribution >= 4 is 11.9 Å². The summed E-state index contributed by atoms with van der Waals surface area (Å²) in [4.78, 5) is 23.8. The molecule has 106 valence electrons. The Hall–Kier alpha value is -2.10. The molecule has 0 fully saturated rings. The summed E-state index contributed by atoms with van der Waals surface area (Å²) in [6.45, 7) is 11.5. The van der Waals surface area contributed by atoms with Crippen LogP contribution >= 0.6 is 0 Å². The van der Waals surface area contributed by atoms with Crippen LogP contribution in [0.1, 0.15) is 44.3 Å². The molecule has 2 rings (SSSR count). The third-order valence-corrected chi connectivity index (χ3v) is 4.19. The number of cyclic esters (lactones) is 1. The molecule has 0 spiro atoms. The normalized spacial score (nSPS) is 16.6. The lowest BCUT2D eigenvalue weighted by molar-refractivity contribution is -0.137. The highest BCUT2D eigenvalue weighted by Crippen LogP contribution is 2.41. The van der Waals surface area contributed by atoms with Crippen LogP contribution in [0.3, 0.4) is 0 Å². The summed E-state index contributed by atoms with van der Waals surface area (Å²) in [7, 11) is 1.28. The van der Waals surface area contributed by atoms with Gasteiger partial charge in [-0.15, -0.1) is 0 Å². The molecule has 0 saturated heterocycles. The summed E-state index contributed by atoms with van der Waals surface area (Å²) >= 11 is 0. The number of methoxy groups -OCH3 is 1. The monoisotopic (exact) mass is 274 g/mol. The van der Waals surface area contributed by atoms with Crippen molar-refractivity contribution in [1.29, 1.82) is 0 Å². The van der Waals surface area contributed by atoms with Crippen molar-refractivity contribution < 1.29 is 19.1 Å². The molecular weight excluding hydrogens is 256 g/mol. The van der Waals surface area contributed by atoms with Gasteiger partial charge in [-0.1, -0.05) is 6.58 Å². The van der Waals surface area contributed by atoms with E-state index in [4.69, 9.17) is 4.74 Å². The molecule has 1 aliphatic rings. The van der Waals surface area contributed by atoms with E-state index in [-0.39, 0.29) is 5.57 Å². The number of esters is 2. The van der Waals surface area contributed by atoms with E-state index in [2.05, 4.69) is 11.3 Å². The van der Waals surface area contributed by atoms with E-state index in [0.717, 1.165) is 27.8 Å². The van der Waals surface area contributed by atoms with Crippen molar-refractivity contribution in [2.45, 2.75) is 33.8 Å². The van der Waals surface area contributed by atoms with Crippen molar-refractivity contribution in [3.8, 4) is 0 Å². The van der Waals surface area contributed by atoms with Crippen LogP contribution in [-0.4, -0.2) is 19.0 Å². The Morgan fingerprint density at radius 1 is 1.10 bits per heavy atom. The van der Waals surface area contributed by atoms with Crippen molar-refractivity contribution in [1.82, 2.24) is 0 Å². The lowest BCUT2D eigenvalue weighted by Crippen LogP contribution is -2.13. The molecule has 0 saturated carbocycles. The van der Waals surface area contributed by atoms with Gasteiger partial charge in [0.05, 0.1) is 18.2 Å². The molecule has 0 aliphatic carbocycles. The van der Waals surface area contributed by atoms with Crippen LogP contribution in [0.25, 0.3) is 0 Å². The maximum absolute atomic E-state index is 12.1. The van der Waals surface area contributed by atoms with Crippen LogP contribution in [0.15, 0.2) is 12.2 Å². The largest absolute Gasteiger partial charge is 0.466 e. The van der Waals surface area contributed by atoms with Gasteiger partial charge in [0.25, 0.3) is 0 Å². The van der Waals surface area contributed by atoms with Crippen LogP contribution in [0, 0.1) is 27.7 Å². The number of hydrogen-bond donors (Lipinski definition) is 0. The van der Waals surface area contributed by atoms with Crippen LogP contribution in [0.2, 0.25) is 0 Å².